The number of carbonyl (C=O) groups excluding carboxylic acids is 1. The van der Waals surface area contributed by atoms with Crippen LogP contribution in [0.2, 0.25) is 0 Å². The third-order valence-corrected chi connectivity index (χ3v) is 3.37. The Morgan fingerprint density at radius 3 is 2.50 bits per heavy atom. The minimum absolute atomic E-state index is 0.108. The summed E-state index contributed by atoms with van der Waals surface area (Å²) >= 11 is 0. The molecule has 1 aromatic carbocycles. The number of aryl methyl sites for hydroxylation is 1. The Morgan fingerprint density at radius 2 is 1.94 bits per heavy atom. The largest absolute Gasteiger partial charge is 0.371 e. The predicted octanol–water partition coefficient (Wildman–Crippen LogP) is 2.71. The van der Waals surface area contributed by atoms with E-state index in [0.717, 1.165) is 37.2 Å². The maximum Gasteiger partial charge on any atom is 0.280 e. The molecule has 0 aliphatic carbocycles. The molecule has 0 radical (unpaired) electrons. The van der Waals surface area contributed by atoms with Gasteiger partial charge in [0.15, 0.2) is 6.29 Å². The van der Waals surface area contributed by atoms with Gasteiger partial charge in [-0.15, -0.1) is 0 Å². The Kier molecular flexibility index (Phi) is 3.60. The van der Waals surface area contributed by atoms with Gasteiger partial charge in [0, 0.05) is 24.8 Å². The van der Waals surface area contributed by atoms with Crippen LogP contribution in [0.25, 0.3) is 0 Å². The highest BCUT2D eigenvalue weighted by atomic mass is 16.6. The number of anilines is 1. The van der Waals surface area contributed by atoms with E-state index in [4.69, 9.17) is 0 Å². The van der Waals surface area contributed by atoms with Gasteiger partial charge in [-0.1, -0.05) is 0 Å². The van der Waals surface area contributed by atoms with Gasteiger partial charge in [-0.3, -0.25) is 14.9 Å². The van der Waals surface area contributed by atoms with Gasteiger partial charge in [0.1, 0.15) is 0 Å². The van der Waals surface area contributed by atoms with Crippen molar-refractivity contribution in [3.05, 3.63) is 33.4 Å². The second-order valence-corrected chi connectivity index (χ2v) is 4.62. The van der Waals surface area contributed by atoms with E-state index in [-0.39, 0.29) is 11.3 Å². The van der Waals surface area contributed by atoms with E-state index >= 15 is 0 Å². The predicted molar refractivity (Wildman–Crippen MR) is 69.3 cm³/mol. The van der Waals surface area contributed by atoms with E-state index in [0.29, 0.717) is 6.29 Å². The van der Waals surface area contributed by atoms with Crippen molar-refractivity contribution in [1.29, 1.82) is 0 Å². The summed E-state index contributed by atoms with van der Waals surface area (Å²) in [6.45, 7) is 3.76. The lowest BCUT2D eigenvalue weighted by atomic mass is 10.0. The van der Waals surface area contributed by atoms with E-state index < -0.39 is 4.92 Å². The summed E-state index contributed by atoms with van der Waals surface area (Å²) in [6.07, 6.45) is 4.05. The minimum Gasteiger partial charge on any atom is -0.371 e. The summed E-state index contributed by atoms with van der Waals surface area (Å²) in [6, 6.07) is 3.14. The van der Waals surface area contributed by atoms with Crippen LogP contribution in [0.1, 0.15) is 35.2 Å². The monoisotopic (exact) mass is 248 g/mol. The van der Waals surface area contributed by atoms with Crippen molar-refractivity contribution in [1.82, 2.24) is 0 Å². The number of rotatable bonds is 3. The van der Waals surface area contributed by atoms with Crippen LogP contribution in [0.3, 0.4) is 0 Å². The molecule has 1 fully saturated rings. The van der Waals surface area contributed by atoms with Gasteiger partial charge >= 0.3 is 0 Å². The molecule has 1 aliphatic rings. The normalized spacial score (nSPS) is 15.5. The number of piperidine rings is 1. The van der Waals surface area contributed by atoms with Crippen LogP contribution in [0.5, 0.6) is 0 Å². The summed E-state index contributed by atoms with van der Waals surface area (Å²) in [7, 11) is 0. The molecule has 2 rings (SSSR count). The van der Waals surface area contributed by atoms with Crippen LogP contribution >= 0.6 is 0 Å². The van der Waals surface area contributed by atoms with Gasteiger partial charge in [-0.25, -0.2) is 0 Å². The highest BCUT2D eigenvalue weighted by Crippen LogP contribution is 2.29. The number of nitrogens with zero attached hydrogens (tertiary/aromatic N) is 2. The third-order valence-electron chi connectivity index (χ3n) is 3.37. The Balaban J connectivity index is 2.42. The van der Waals surface area contributed by atoms with Crippen molar-refractivity contribution in [3.8, 4) is 0 Å². The molecule has 18 heavy (non-hydrogen) atoms. The standard InChI is InChI=1S/C13H16N2O3/c1-10-7-13(15(17)18)11(9-16)8-12(10)14-5-3-2-4-6-14/h7-9H,2-6H2,1H3. The maximum absolute atomic E-state index is 11.0. The molecule has 5 nitrogen and oxygen atoms in total. The van der Waals surface area contributed by atoms with Crippen LogP contribution in [-0.4, -0.2) is 24.3 Å². The van der Waals surface area contributed by atoms with Crippen LogP contribution in [0.4, 0.5) is 11.4 Å². The molecule has 5 heteroatoms. The first-order valence-electron chi connectivity index (χ1n) is 6.12. The number of benzene rings is 1. The molecule has 0 atom stereocenters. The first kappa shape index (κ1) is 12.5. The molecule has 1 aliphatic heterocycles. The van der Waals surface area contributed by atoms with E-state index in [1.165, 1.54) is 12.5 Å². The van der Waals surface area contributed by atoms with Crippen LogP contribution in [0.15, 0.2) is 12.1 Å². The fraction of sp³-hybridized carbons (Fsp3) is 0.462. The molecular weight excluding hydrogens is 232 g/mol. The lowest BCUT2D eigenvalue weighted by Gasteiger charge is -2.30. The van der Waals surface area contributed by atoms with Crippen molar-refractivity contribution in [2.24, 2.45) is 0 Å². The van der Waals surface area contributed by atoms with E-state index in [1.807, 2.05) is 6.92 Å². The number of carbonyl (C=O) groups is 1. The molecule has 0 saturated carbocycles. The molecule has 0 N–H and O–H groups in total. The average molecular weight is 248 g/mol. The molecule has 96 valence electrons. The second-order valence-electron chi connectivity index (χ2n) is 4.62. The van der Waals surface area contributed by atoms with E-state index in [2.05, 4.69) is 4.90 Å². The number of hydrogen-bond donors (Lipinski definition) is 0. The van der Waals surface area contributed by atoms with Crippen LogP contribution in [0, 0.1) is 17.0 Å². The first-order valence-corrected chi connectivity index (χ1v) is 6.12. The highest BCUT2D eigenvalue weighted by molar-refractivity contribution is 5.84. The zero-order valence-electron chi connectivity index (χ0n) is 10.4. The van der Waals surface area contributed by atoms with Crippen molar-refractivity contribution >= 4 is 17.7 Å². The van der Waals surface area contributed by atoms with Gasteiger partial charge in [0.2, 0.25) is 0 Å². The average Bonchev–Trinajstić information content (AvgIpc) is 2.39. The Hall–Kier alpha value is -1.91. The molecule has 0 aromatic heterocycles. The fourth-order valence-corrected chi connectivity index (χ4v) is 2.43. The van der Waals surface area contributed by atoms with Gasteiger partial charge in [-0.2, -0.15) is 0 Å². The molecule has 0 bridgehead atoms. The summed E-state index contributed by atoms with van der Waals surface area (Å²) < 4.78 is 0. The summed E-state index contributed by atoms with van der Waals surface area (Å²) in [5.41, 5.74) is 1.85. The summed E-state index contributed by atoms with van der Waals surface area (Å²) in [5.74, 6) is 0. The fourth-order valence-electron chi connectivity index (χ4n) is 2.43. The highest BCUT2D eigenvalue weighted by Gasteiger charge is 2.20. The molecule has 1 aromatic rings. The molecule has 0 amide bonds. The van der Waals surface area contributed by atoms with Crippen molar-refractivity contribution in [2.75, 3.05) is 18.0 Å². The number of nitro benzene ring substituents is 1. The first-order chi connectivity index (χ1) is 8.63. The lowest BCUT2D eigenvalue weighted by molar-refractivity contribution is -0.385. The number of nitro groups is 1. The summed E-state index contributed by atoms with van der Waals surface area (Å²) in [4.78, 5) is 23.5. The lowest BCUT2D eigenvalue weighted by Crippen LogP contribution is -2.30. The minimum atomic E-state index is -0.503. The Labute approximate surface area is 106 Å². The second kappa shape index (κ2) is 5.16. The van der Waals surface area contributed by atoms with Crippen LogP contribution in [-0.2, 0) is 0 Å². The molecule has 1 heterocycles. The van der Waals surface area contributed by atoms with Gasteiger partial charge in [-0.05, 0) is 37.8 Å². The Morgan fingerprint density at radius 1 is 1.28 bits per heavy atom. The Bertz CT molecular complexity index is 479. The van der Waals surface area contributed by atoms with Crippen molar-refractivity contribution in [3.63, 3.8) is 0 Å². The van der Waals surface area contributed by atoms with Gasteiger partial charge < -0.3 is 4.90 Å². The van der Waals surface area contributed by atoms with Crippen molar-refractivity contribution in [2.45, 2.75) is 26.2 Å². The van der Waals surface area contributed by atoms with E-state index in [9.17, 15) is 14.9 Å². The van der Waals surface area contributed by atoms with Crippen LogP contribution < -0.4 is 4.90 Å². The number of hydrogen-bond acceptors (Lipinski definition) is 4. The van der Waals surface area contributed by atoms with Gasteiger partial charge in [0.25, 0.3) is 5.69 Å². The molecule has 0 spiro atoms. The molecular formula is C13H16N2O3. The maximum atomic E-state index is 11.0. The van der Waals surface area contributed by atoms with E-state index in [1.54, 1.807) is 6.07 Å². The quantitative estimate of drug-likeness (QED) is 0.468. The topological polar surface area (TPSA) is 63.5 Å². The third kappa shape index (κ3) is 2.34. The number of aldehydes is 1. The zero-order valence-corrected chi connectivity index (χ0v) is 10.4. The SMILES string of the molecule is Cc1cc([N+](=O)[O-])c(C=O)cc1N1CCCCC1. The van der Waals surface area contributed by atoms with Crippen molar-refractivity contribution < 1.29 is 9.72 Å². The zero-order chi connectivity index (χ0) is 13.1. The smallest absolute Gasteiger partial charge is 0.280 e. The molecule has 1 saturated heterocycles. The van der Waals surface area contributed by atoms with Gasteiger partial charge in [0.05, 0.1) is 10.5 Å². The summed E-state index contributed by atoms with van der Waals surface area (Å²) in [5, 5.41) is 10.9. The molecule has 0 unspecified atom stereocenters.